The van der Waals surface area contributed by atoms with E-state index in [9.17, 15) is 19.7 Å². The summed E-state index contributed by atoms with van der Waals surface area (Å²) in [5, 5.41) is 18.0. The fourth-order valence-electron chi connectivity index (χ4n) is 3.87. The van der Waals surface area contributed by atoms with Crippen molar-refractivity contribution in [2.24, 2.45) is 4.99 Å². The lowest BCUT2D eigenvalue weighted by Gasteiger charge is -2.25. The Morgan fingerprint density at radius 2 is 1.76 bits per heavy atom. The van der Waals surface area contributed by atoms with Crippen molar-refractivity contribution in [1.82, 2.24) is 5.32 Å². The first-order chi connectivity index (χ1) is 17.9. The summed E-state index contributed by atoms with van der Waals surface area (Å²) in [5.74, 6) is -0.213. The van der Waals surface area contributed by atoms with E-state index in [0.717, 1.165) is 0 Å². The van der Waals surface area contributed by atoms with Crippen molar-refractivity contribution >= 4 is 52.0 Å². The Bertz CT molecular complexity index is 1400. The molecule has 0 fully saturated rings. The maximum absolute atomic E-state index is 12.1. The first kappa shape index (κ1) is 29.0. The Balaban J connectivity index is 0.000000223. The van der Waals surface area contributed by atoms with Crippen LogP contribution in [0.25, 0.3) is 0 Å². The van der Waals surface area contributed by atoms with Crippen LogP contribution < -0.4 is 10.6 Å². The summed E-state index contributed by atoms with van der Waals surface area (Å²) in [6.07, 6.45) is 0. The van der Waals surface area contributed by atoms with Crippen molar-refractivity contribution in [2.45, 2.75) is 39.3 Å². The summed E-state index contributed by atoms with van der Waals surface area (Å²) in [4.78, 5) is 38.6. The zero-order chi connectivity index (χ0) is 28.0. The second-order valence-corrected chi connectivity index (χ2v) is 10.5. The Labute approximate surface area is 231 Å². The number of carbonyl (C=O) groups excluding carboxylic acids is 2. The number of nitrogens with one attached hydrogen (secondary N) is 2. The van der Waals surface area contributed by atoms with Crippen LogP contribution in [0.4, 0.5) is 11.4 Å². The van der Waals surface area contributed by atoms with Gasteiger partial charge in [0.25, 0.3) is 5.69 Å². The molecule has 0 saturated heterocycles. The Kier molecular flexibility index (Phi) is 9.38. The molecule has 0 saturated carbocycles. The molecule has 1 amide bonds. The standard InChI is InChI=1S/C15H10ClN3O3.C13H18ClNO/c16-12-4-2-1-3-10(12)15-11-7-9(19(21)22)5-6-13(11)18-14(20)8-17-15;1-9(15-13(2,3)4)12(16)10-6-5-7-11(14)8-10/h1-7H,8H2,(H,18,20);5-9,15H,1-4H3. The van der Waals surface area contributed by atoms with Gasteiger partial charge in [-0.25, -0.2) is 0 Å². The van der Waals surface area contributed by atoms with E-state index < -0.39 is 4.92 Å². The predicted molar refractivity (Wildman–Crippen MR) is 152 cm³/mol. The number of rotatable bonds is 5. The molecular weight excluding hydrogens is 527 g/mol. The highest BCUT2D eigenvalue weighted by atomic mass is 35.5. The number of hydrogen-bond acceptors (Lipinski definition) is 6. The largest absolute Gasteiger partial charge is 0.324 e. The maximum Gasteiger partial charge on any atom is 0.270 e. The van der Waals surface area contributed by atoms with E-state index in [1.165, 1.54) is 18.2 Å². The van der Waals surface area contributed by atoms with Gasteiger partial charge in [-0.05, 0) is 52.0 Å². The molecule has 0 radical (unpaired) electrons. The number of amides is 1. The fourth-order valence-corrected chi connectivity index (χ4v) is 4.28. The lowest BCUT2D eigenvalue weighted by Crippen LogP contribution is -2.46. The zero-order valence-corrected chi connectivity index (χ0v) is 22.9. The third kappa shape index (κ3) is 7.71. The minimum Gasteiger partial charge on any atom is -0.324 e. The lowest BCUT2D eigenvalue weighted by atomic mass is 10.00. The molecule has 0 bridgehead atoms. The molecular formula is C28H28Cl2N4O4. The summed E-state index contributed by atoms with van der Waals surface area (Å²) in [7, 11) is 0. The van der Waals surface area contributed by atoms with Crippen LogP contribution >= 0.6 is 23.2 Å². The van der Waals surface area contributed by atoms with Crippen LogP contribution in [0.2, 0.25) is 10.0 Å². The van der Waals surface area contributed by atoms with E-state index in [0.29, 0.717) is 38.1 Å². The molecule has 10 heteroatoms. The van der Waals surface area contributed by atoms with Gasteiger partial charge in [0.2, 0.25) is 5.91 Å². The summed E-state index contributed by atoms with van der Waals surface area (Å²) in [6.45, 7) is 7.91. The molecule has 4 rings (SSSR count). The number of nitrogens with zero attached hydrogens (tertiary/aromatic N) is 2. The SMILES string of the molecule is CC(NC(C)(C)C)C(=O)c1cccc(Cl)c1.O=C1CN=C(c2ccccc2Cl)c2cc([N+](=O)[O-])ccc2N1. The van der Waals surface area contributed by atoms with E-state index >= 15 is 0 Å². The van der Waals surface area contributed by atoms with Gasteiger partial charge in [-0.15, -0.1) is 0 Å². The van der Waals surface area contributed by atoms with Crippen molar-refractivity contribution in [2.75, 3.05) is 11.9 Å². The van der Waals surface area contributed by atoms with Crippen LogP contribution in [-0.2, 0) is 4.79 Å². The van der Waals surface area contributed by atoms with Crippen molar-refractivity contribution in [3.63, 3.8) is 0 Å². The van der Waals surface area contributed by atoms with Gasteiger partial charge in [-0.3, -0.25) is 24.7 Å². The first-order valence-electron chi connectivity index (χ1n) is 11.8. The van der Waals surface area contributed by atoms with E-state index in [1.807, 2.05) is 27.7 Å². The van der Waals surface area contributed by atoms with E-state index in [2.05, 4.69) is 15.6 Å². The molecule has 198 valence electrons. The van der Waals surface area contributed by atoms with Gasteiger partial charge < -0.3 is 10.6 Å². The maximum atomic E-state index is 12.1. The molecule has 0 aromatic heterocycles. The summed E-state index contributed by atoms with van der Waals surface area (Å²) in [6, 6.07) is 18.1. The summed E-state index contributed by atoms with van der Waals surface area (Å²) in [5.41, 5.74) is 2.55. The fraction of sp³-hybridized carbons (Fsp3) is 0.250. The van der Waals surface area contributed by atoms with Crippen LogP contribution in [0.3, 0.4) is 0 Å². The highest BCUT2D eigenvalue weighted by molar-refractivity contribution is 6.36. The van der Waals surface area contributed by atoms with E-state index in [4.69, 9.17) is 23.2 Å². The van der Waals surface area contributed by atoms with Gasteiger partial charge in [0, 0.05) is 44.4 Å². The van der Waals surface area contributed by atoms with E-state index in [-0.39, 0.29) is 35.5 Å². The molecule has 38 heavy (non-hydrogen) atoms. The monoisotopic (exact) mass is 554 g/mol. The molecule has 8 nitrogen and oxygen atoms in total. The molecule has 1 heterocycles. The normalized spacial score (nSPS) is 13.6. The molecule has 3 aromatic carbocycles. The van der Waals surface area contributed by atoms with E-state index in [1.54, 1.807) is 48.5 Å². The van der Waals surface area contributed by atoms with Gasteiger partial charge >= 0.3 is 0 Å². The van der Waals surface area contributed by atoms with Gasteiger partial charge in [-0.2, -0.15) is 0 Å². The third-order valence-corrected chi connectivity index (χ3v) is 5.97. The number of hydrogen-bond donors (Lipinski definition) is 2. The zero-order valence-electron chi connectivity index (χ0n) is 21.4. The average molecular weight is 555 g/mol. The number of ketones is 1. The third-order valence-electron chi connectivity index (χ3n) is 5.40. The molecule has 0 spiro atoms. The van der Waals surface area contributed by atoms with Crippen LogP contribution in [0, 0.1) is 10.1 Å². The molecule has 1 atom stereocenters. The summed E-state index contributed by atoms with van der Waals surface area (Å²) >= 11 is 12.1. The highest BCUT2D eigenvalue weighted by Crippen LogP contribution is 2.29. The Morgan fingerprint density at radius 3 is 2.39 bits per heavy atom. The topological polar surface area (TPSA) is 114 Å². The Morgan fingerprint density at radius 1 is 1.05 bits per heavy atom. The number of nitro benzene ring substituents is 1. The molecule has 2 N–H and O–H groups in total. The second-order valence-electron chi connectivity index (χ2n) is 9.67. The number of anilines is 1. The minimum atomic E-state index is -0.489. The van der Waals surface area contributed by atoms with Crippen LogP contribution in [0.1, 0.15) is 49.2 Å². The Hall–Kier alpha value is -3.59. The average Bonchev–Trinajstić information content (AvgIpc) is 3.01. The first-order valence-corrected chi connectivity index (χ1v) is 12.6. The molecule has 3 aromatic rings. The quantitative estimate of drug-likeness (QED) is 0.217. The number of fused-ring (bicyclic) bond motifs is 1. The van der Waals surface area contributed by atoms with Gasteiger partial charge in [0.05, 0.1) is 22.4 Å². The smallest absolute Gasteiger partial charge is 0.270 e. The number of nitro groups is 1. The molecule has 1 aliphatic heterocycles. The van der Waals surface area contributed by atoms with Crippen molar-refractivity contribution < 1.29 is 14.5 Å². The number of carbonyl (C=O) groups is 2. The highest BCUT2D eigenvalue weighted by Gasteiger charge is 2.22. The van der Waals surface area contributed by atoms with Gasteiger partial charge in [0.15, 0.2) is 5.78 Å². The number of non-ortho nitro benzene ring substituents is 1. The van der Waals surface area contributed by atoms with Crippen molar-refractivity contribution in [3.05, 3.63) is 104 Å². The van der Waals surface area contributed by atoms with Crippen LogP contribution in [-0.4, -0.2) is 40.5 Å². The number of Topliss-reactive ketones (excluding diaryl/α,β-unsaturated/α-hetero) is 1. The lowest BCUT2D eigenvalue weighted by molar-refractivity contribution is -0.384. The summed E-state index contributed by atoms with van der Waals surface area (Å²) < 4.78 is 0. The molecule has 0 aliphatic carbocycles. The van der Waals surface area contributed by atoms with Gasteiger partial charge in [-0.1, -0.05) is 53.5 Å². The minimum absolute atomic E-state index is 0.0664. The number of aliphatic imine (C=N–C) groups is 1. The predicted octanol–water partition coefficient (Wildman–Crippen LogP) is 6.34. The van der Waals surface area contributed by atoms with Crippen molar-refractivity contribution in [1.29, 1.82) is 0 Å². The second kappa shape index (κ2) is 12.3. The van der Waals surface area contributed by atoms with Crippen LogP contribution in [0.5, 0.6) is 0 Å². The van der Waals surface area contributed by atoms with Gasteiger partial charge in [0.1, 0.15) is 6.54 Å². The number of halogens is 2. The molecule has 1 unspecified atom stereocenters. The number of benzene rings is 3. The van der Waals surface area contributed by atoms with Crippen molar-refractivity contribution in [3.8, 4) is 0 Å². The van der Waals surface area contributed by atoms with Crippen LogP contribution in [0.15, 0.2) is 71.7 Å². The molecule has 1 aliphatic rings. The number of benzodiazepines with no additional fused rings is 1.